The van der Waals surface area contributed by atoms with Gasteiger partial charge in [-0.25, -0.2) is 4.79 Å². The van der Waals surface area contributed by atoms with E-state index in [1.54, 1.807) is 32.2 Å². The summed E-state index contributed by atoms with van der Waals surface area (Å²) in [5, 5.41) is 12.3. The number of aromatic carboxylic acids is 1. The van der Waals surface area contributed by atoms with Crippen LogP contribution in [0.3, 0.4) is 0 Å². The Hall–Kier alpha value is -1.63. The minimum atomic E-state index is -1.38. The lowest BCUT2D eigenvalue weighted by molar-refractivity contribution is 0.0696. The van der Waals surface area contributed by atoms with Crippen LogP contribution in [0.2, 0.25) is 5.02 Å². The van der Waals surface area contributed by atoms with E-state index in [1.165, 1.54) is 12.1 Å². The normalized spacial score (nSPS) is 12.4. The minimum Gasteiger partial charge on any atom is -0.611 e. The molecule has 118 valence electrons. The molecular formula is C15H16ClNO4S. The van der Waals surface area contributed by atoms with Gasteiger partial charge in [-0.05, 0) is 43.2 Å². The number of benzene rings is 1. The summed E-state index contributed by atoms with van der Waals surface area (Å²) >= 11 is 4.90. The molecule has 0 saturated heterocycles. The number of carboxylic acids is 1. The van der Waals surface area contributed by atoms with Gasteiger partial charge in [0.15, 0.2) is 4.90 Å². The molecule has 2 aromatic rings. The van der Waals surface area contributed by atoms with Crippen molar-refractivity contribution in [2.45, 2.75) is 30.5 Å². The van der Waals surface area contributed by atoms with E-state index in [0.717, 1.165) is 0 Å². The molecule has 0 spiro atoms. The summed E-state index contributed by atoms with van der Waals surface area (Å²) in [6, 6.07) is 6.33. The second-order valence-corrected chi connectivity index (χ2v) is 7.28. The molecule has 1 unspecified atom stereocenters. The molecule has 1 atom stereocenters. The van der Waals surface area contributed by atoms with Crippen molar-refractivity contribution in [3.05, 3.63) is 46.9 Å². The summed E-state index contributed by atoms with van der Waals surface area (Å²) in [6.45, 7) is 3.93. The third-order valence-corrected chi connectivity index (χ3v) is 5.10. The van der Waals surface area contributed by atoms with Crippen molar-refractivity contribution in [3.8, 4) is 0 Å². The van der Waals surface area contributed by atoms with Gasteiger partial charge in [-0.3, -0.25) is 0 Å². The number of halogens is 1. The molecular weight excluding hydrogens is 326 g/mol. The zero-order chi connectivity index (χ0) is 16.3. The largest absolute Gasteiger partial charge is 0.611 e. The molecule has 0 bridgehead atoms. The molecule has 1 heterocycles. The predicted molar refractivity (Wildman–Crippen MR) is 86.0 cm³/mol. The number of nitrogens with one attached hydrogen (secondary N) is 1. The van der Waals surface area contributed by atoms with Crippen molar-refractivity contribution in [2.24, 2.45) is 0 Å². The van der Waals surface area contributed by atoms with E-state index in [9.17, 15) is 14.5 Å². The summed E-state index contributed by atoms with van der Waals surface area (Å²) in [7, 11) is 0. The molecule has 0 aliphatic carbocycles. The second-order valence-electron chi connectivity index (χ2n) is 4.92. The molecule has 5 nitrogen and oxygen atoms in total. The number of rotatable bonds is 6. The van der Waals surface area contributed by atoms with E-state index >= 15 is 0 Å². The molecule has 0 fully saturated rings. The van der Waals surface area contributed by atoms with E-state index in [4.69, 9.17) is 16.0 Å². The van der Waals surface area contributed by atoms with Crippen molar-refractivity contribution in [1.29, 1.82) is 0 Å². The van der Waals surface area contributed by atoms with Gasteiger partial charge in [0.1, 0.15) is 16.0 Å². The van der Waals surface area contributed by atoms with Crippen LogP contribution in [0.25, 0.3) is 0 Å². The maximum absolute atomic E-state index is 12.3. The first-order valence-electron chi connectivity index (χ1n) is 6.63. The number of anilines is 1. The highest BCUT2D eigenvalue weighted by atomic mass is 35.5. The number of hydrogen-bond acceptors (Lipinski definition) is 4. The lowest BCUT2D eigenvalue weighted by Crippen LogP contribution is -2.16. The highest BCUT2D eigenvalue weighted by Gasteiger charge is 2.24. The molecule has 1 aromatic carbocycles. The highest BCUT2D eigenvalue weighted by molar-refractivity contribution is 7.92. The average molecular weight is 342 g/mol. The zero-order valence-electron chi connectivity index (χ0n) is 12.1. The van der Waals surface area contributed by atoms with Crippen molar-refractivity contribution in [1.82, 2.24) is 0 Å². The number of hydrogen-bond donors (Lipinski definition) is 2. The fraction of sp³-hybridized carbons (Fsp3) is 0.267. The van der Waals surface area contributed by atoms with Crippen molar-refractivity contribution < 1.29 is 18.9 Å². The monoisotopic (exact) mass is 341 g/mol. The SMILES string of the molecule is CC(C)[S+]([O-])c1cc(C(=O)O)cc(NCc2ccco2)c1Cl. The minimum absolute atomic E-state index is 0.0374. The van der Waals surface area contributed by atoms with Gasteiger partial charge in [-0.2, -0.15) is 0 Å². The van der Waals surface area contributed by atoms with Crippen LogP contribution >= 0.6 is 11.6 Å². The Morgan fingerprint density at radius 2 is 2.23 bits per heavy atom. The van der Waals surface area contributed by atoms with E-state index in [1.807, 2.05) is 0 Å². The Labute approximate surface area is 136 Å². The lowest BCUT2D eigenvalue weighted by atomic mass is 10.2. The maximum atomic E-state index is 12.3. The van der Waals surface area contributed by atoms with Crippen molar-refractivity contribution in [3.63, 3.8) is 0 Å². The number of carboxylic acid groups (broad SMARTS) is 1. The van der Waals surface area contributed by atoms with Gasteiger partial charge in [0.25, 0.3) is 0 Å². The molecule has 0 aliphatic heterocycles. The molecule has 2 rings (SSSR count). The highest BCUT2D eigenvalue weighted by Crippen LogP contribution is 2.33. The van der Waals surface area contributed by atoms with Crippen LogP contribution in [0, 0.1) is 0 Å². The second kappa shape index (κ2) is 7.09. The van der Waals surface area contributed by atoms with E-state index in [0.29, 0.717) is 22.9 Å². The van der Waals surface area contributed by atoms with E-state index in [-0.39, 0.29) is 15.8 Å². The number of carbonyl (C=O) groups is 1. The van der Waals surface area contributed by atoms with Crippen LogP contribution in [-0.2, 0) is 17.7 Å². The quantitative estimate of drug-likeness (QED) is 0.781. The zero-order valence-corrected chi connectivity index (χ0v) is 13.7. The van der Waals surface area contributed by atoms with E-state index in [2.05, 4.69) is 5.32 Å². The molecule has 0 saturated carbocycles. The van der Waals surface area contributed by atoms with Crippen LogP contribution in [0.15, 0.2) is 39.8 Å². The van der Waals surface area contributed by atoms with Crippen LogP contribution < -0.4 is 5.32 Å². The van der Waals surface area contributed by atoms with Crippen molar-refractivity contribution >= 4 is 34.4 Å². The maximum Gasteiger partial charge on any atom is 0.335 e. The molecule has 1 aromatic heterocycles. The first-order valence-corrected chi connectivity index (χ1v) is 8.23. The Bertz CT molecular complexity index is 658. The Morgan fingerprint density at radius 1 is 1.50 bits per heavy atom. The van der Waals surface area contributed by atoms with Gasteiger partial charge in [-0.1, -0.05) is 11.6 Å². The summed E-state index contributed by atoms with van der Waals surface area (Å²) in [5.74, 6) is -0.414. The van der Waals surface area contributed by atoms with Gasteiger partial charge < -0.3 is 19.4 Å². The summed E-state index contributed by atoms with van der Waals surface area (Å²) < 4.78 is 17.5. The molecule has 0 aliphatic rings. The molecule has 22 heavy (non-hydrogen) atoms. The Kier molecular flexibility index (Phi) is 5.39. The van der Waals surface area contributed by atoms with Crippen LogP contribution in [0.5, 0.6) is 0 Å². The summed E-state index contributed by atoms with van der Waals surface area (Å²) in [5.41, 5.74) is 0.456. The van der Waals surface area contributed by atoms with Crippen LogP contribution in [-0.4, -0.2) is 20.9 Å². The molecule has 0 radical (unpaired) electrons. The first-order chi connectivity index (χ1) is 10.4. The predicted octanol–water partition coefficient (Wildman–Crippen LogP) is 3.76. The summed E-state index contributed by atoms with van der Waals surface area (Å²) in [6.07, 6.45) is 1.55. The fourth-order valence-corrected chi connectivity index (χ4v) is 3.29. The van der Waals surface area contributed by atoms with Gasteiger partial charge in [0.05, 0.1) is 24.1 Å². The van der Waals surface area contributed by atoms with E-state index < -0.39 is 17.1 Å². The van der Waals surface area contributed by atoms with Gasteiger partial charge in [0, 0.05) is 6.07 Å². The van der Waals surface area contributed by atoms with Crippen molar-refractivity contribution in [2.75, 3.05) is 5.32 Å². The topological polar surface area (TPSA) is 85.5 Å². The smallest absolute Gasteiger partial charge is 0.335 e. The third kappa shape index (κ3) is 3.76. The number of furan rings is 1. The Morgan fingerprint density at radius 3 is 2.77 bits per heavy atom. The van der Waals surface area contributed by atoms with Gasteiger partial charge >= 0.3 is 5.97 Å². The van der Waals surface area contributed by atoms with Crippen LogP contribution in [0.1, 0.15) is 30.0 Å². The fourth-order valence-electron chi connectivity index (χ4n) is 1.85. The summed E-state index contributed by atoms with van der Waals surface area (Å²) in [4.78, 5) is 11.6. The average Bonchev–Trinajstić information content (AvgIpc) is 2.98. The molecule has 0 amide bonds. The molecule has 7 heteroatoms. The lowest BCUT2D eigenvalue weighted by Gasteiger charge is -2.18. The standard InChI is InChI=1S/C15H16ClNO4S/c1-9(2)22(20)13-7-10(15(18)19)6-12(14(13)16)17-8-11-4-3-5-21-11/h3-7,9,17H,8H2,1-2H3,(H,18,19). The van der Waals surface area contributed by atoms with Gasteiger partial charge in [0.2, 0.25) is 0 Å². The van der Waals surface area contributed by atoms with Gasteiger partial charge in [-0.15, -0.1) is 0 Å². The first kappa shape index (κ1) is 16.7. The van der Waals surface area contributed by atoms with Crippen LogP contribution in [0.4, 0.5) is 5.69 Å². The third-order valence-electron chi connectivity index (χ3n) is 2.96. The Balaban J connectivity index is 2.36. The molecule has 2 N–H and O–H groups in total.